The molecule has 0 aliphatic rings. The first-order valence-electron chi connectivity index (χ1n) is 8.54. The fourth-order valence-electron chi connectivity index (χ4n) is 2.87. The summed E-state index contributed by atoms with van der Waals surface area (Å²) in [7, 11) is 4.83. The molecule has 3 rings (SSSR count). The van der Waals surface area contributed by atoms with Crippen molar-refractivity contribution in [1.82, 2.24) is 14.7 Å². The Bertz CT molecular complexity index is 1140. The molecule has 8 heteroatoms. The summed E-state index contributed by atoms with van der Waals surface area (Å²) in [6.45, 7) is 0. The molecule has 2 amide bonds. The van der Waals surface area contributed by atoms with Crippen LogP contribution in [0.3, 0.4) is 0 Å². The molecule has 0 spiro atoms. The molecular formula is C20H19ClN4O3. The number of nitrogens with one attached hydrogen (secondary N) is 1. The van der Waals surface area contributed by atoms with Gasteiger partial charge in [-0.05, 0) is 24.3 Å². The SMILES string of the molecule is CN(C)C(=O)c1ccc(Cl)c(NC(=O)Cc2nn(C)c(=O)c3ccccc23)c1. The first-order chi connectivity index (χ1) is 13.3. The number of nitrogens with zero attached hydrogens (tertiary/aromatic N) is 3. The molecule has 1 aromatic heterocycles. The lowest BCUT2D eigenvalue weighted by Gasteiger charge is -2.13. The highest BCUT2D eigenvalue weighted by Gasteiger charge is 2.15. The molecule has 0 aliphatic carbocycles. The van der Waals surface area contributed by atoms with E-state index in [1.54, 1.807) is 57.5 Å². The first-order valence-corrected chi connectivity index (χ1v) is 8.91. The largest absolute Gasteiger partial charge is 0.345 e. The Labute approximate surface area is 166 Å². The van der Waals surface area contributed by atoms with Crippen LogP contribution in [0.5, 0.6) is 0 Å². The summed E-state index contributed by atoms with van der Waals surface area (Å²) in [5, 5.41) is 8.39. The van der Waals surface area contributed by atoms with Crippen LogP contribution in [0.15, 0.2) is 47.3 Å². The molecule has 28 heavy (non-hydrogen) atoms. The second kappa shape index (κ2) is 7.82. The maximum absolute atomic E-state index is 12.6. The minimum absolute atomic E-state index is 0.0448. The van der Waals surface area contributed by atoms with Gasteiger partial charge in [-0.15, -0.1) is 0 Å². The number of aryl methyl sites for hydroxylation is 1. The monoisotopic (exact) mass is 398 g/mol. The van der Waals surface area contributed by atoms with Gasteiger partial charge in [-0.1, -0.05) is 29.8 Å². The normalized spacial score (nSPS) is 10.7. The fourth-order valence-corrected chi connectivity index (χ4v) is 3.03. The zero-order valence-electron chi connectivity index (χ0n) is 15.7. The van der Waals surface area contributed by atoms with Gasteiger partial charge in [0.25, 0.3) is 11.5 Å². The predicted molar refractivity (Wildman–Crippen MR) is 109 cm³/mol. The van der Waals surface area contributed by atoms with Gasteiger partial charge in [0.1, 0.15) is 0 Å². The van der Waals surface area contributed by atoms with Crippen molar-refractivity contribution in [2.24, 2.45) is 7.05 Å². The summed E-state index contributed by atoms with van der Waals surface area (Å²) < 4.78 is 1.22. The summed E-state index contributed by atoms with van der Waals surface area (Å²) in [6, 6.07) is 11.7. The van der Waals surface area contributed by atoms with E-state index in [4.69, 9.17) is 11.6 Å². The third-order valence-corrected chi connectivity index (χ3v) is 4.58. The van der Waals surface area contributed by atoms with Gasteiger partial charge in [0, 0.05) is 32.1 Å². The van der Waals surface area contributed by atoms with Crippen LogP contribution in [-0.2, 0) is 18.3 Å². The molecule has 0 bridgehead atoms. The van der Waals surface area contributed by atoms with Crippen LogP contribution in [0.25, 0.3) is 10.8 Å². The number of hydrogen-bond acceptors (Lipinski definition) is 4. The lowest BCUT2D eigenvalue weighted by Crippen LogP contribution is -2.24. The van der Waals surface area contributed by atoms with Crippen LogP contribution >= 0.6 is 11.6 Å². The molecular weight excluding hydrogens is 380 g/mol. The van der Waals surface area contributed by atoms with E-state index < -0.39 is 0 Å². The maximum Gasteiger partial charge on any atom is 0.274 e. The molecule has 0 radical (unpaired) electrons. The number of carbonyl (C=O) groups is 2. The minimum Gasteiger partial charge on any atom is -0.345 e. The van der Waals surface area contributed by atoms with Crippen LogP contribution in [-0.4, -0.2) is 40.6 Å². The Morgan fingerprint density at radius 3 is 2.50 bits per heavy atom. The average molecular weight is 399 g/mol. The van der Waals surface area contributed by atoms with E-state index >= 15 is 0 Å². The highest BCUT2D eigenvalue weighted by Crippen LogP contribution is 2.24. The van der Waals surface area contributed by atoms with Crippen LogP contribution < -0.4 is 10.9 Å². The Morgan fingerprint density at radius 1 is 1.14 bits per heavy atom. The van der Waals surface area contributed by atoms with Gasteiger partial charge in [-0.3, -0.25) is 14.4 Å². The number of halogens is 1. The van der Waals surface area contributed by atoms with Gasteiger partial charge in [0.15, 0.2) is 0 Å². The van der Waals surface area contributed by atoms with E-state index in [0.29, 0.717) is 32.7 Å². The van der Waals surface area contributed by atoms with Crippen LogP contribution in [0, 0.1) is 0 Å². The van der Waals surface area contributed by atoms with Crippen molar-refractivity contribution < 1.29 is 9.59 Å². The number of rotatable bonds is 4. The molecule has 0 aliphatic heterocycles. The number of aromatic nitrogens is 2. The van der Waals surface area contributed by atoms with Crippen molar-refractivity contribution in [2.75, 3.05) is 19.4 Å². The van der Waals surface area contributed by atoms with Crippen molar-refractivity contribution in [3.05, 3.63) is 69.1 Å². The molecule has 3 aromatic rings. The summed E-state index contributed by atoms with van der Waals surface area (Å²) >= 11 is 6.17. The zero-order chi connectivity index (χ0) is 20.4. The van der Waals surface area contributed by atoms with Crippen molar-refractivity contribution in [2.45, 2.75) is 6.42 Å². The van der Waals surface area contributed by atoms with E-state index in [1.165, 1.54) is 15.6 Å². The highest BCUT2D eigenvalue weighted by atomic mass is 35.5. The Hall–Kier alpha value is -3.19. The topological polar surface area (TPSA) is 84.3 Å². The molecule has 1 N–H and O–H groups in total. The number of fused-ring (bicyclic) bond motifs is 1. The molecule has 0 fully saturated rings. The molecule has 0 saturated heterocycles. The molecule has 0 atom stereocenters. The number of amides is 2. The molecule has 7 nitrogen and oxygen atoms in total. The Balaban J connectivity index is 1.89. The predicted octanol–water partition coefficient (Wildman–Crippen LogP) is 2.47. The summed E-state index contributed by atoms with van der Waals surface area (Å²) in [6.07, 6.45) is -0.0448. The van der Waals surface area contributed by atoms with Crippen molar-refractivity contribution in [1.29, 1.82) is 0 Å². The van der Waals surface area contributed by atoms with Crippen LogP contribution in [0.2, 0.25) is 5.02 Å². The molecule has 144 valence electrons. The summed E-state index contributed by atoms with van der Waals surface area (Å²) in [4.78, 5) is 38.4. The fraction of sp³-hybridized carbons (Fsp3) is 0.200. The van der Waals surface area contributed by atoms with Gasteiger partial charge >= 0.3 is 0 Å². The van der Waals surface area contributed by atoms with E-state index in [2.05, 4.69) is 10.4 Å². The molecule has 0 saturated carbocycles. The van der Waals surface area contributed by atoms with E-state index in [9.17, 15) is 14.4 Å². The van der Waals surface area contributed by atoms with Gasteiger partial charge in [-0.2, -0.15) is 5.10 Å². The van der Waals surface area contributed by atoms with Crippen LogP contribution in [0.4, 0.5) is 5.69 Å². The lowest BCUT2D eigenvalue weighted by molar-refractivity contribution is -0.115. The summed E-state index contributed by atoms with van der Waals surface area (Å²) in [5.74, 6) is -0.550. The van der Waals surface area contributed by atoms with Crippen molar-refractivity contribution >= 4 is 39.9 Å². The van der Waals surface area contributed by atoms with Crippen LogP contribution in [0.1, 0.15) is 16.1 Å². The van der Waals surface area contributed by atoms with Gasteiger partial charge < -0.3 is 10.2 Å². The van der Waals surface area contributed by atoms with E-state index in [0.717, 1.165) is 0 Å². The Morgan fingerprint density at radius 2 is 1.82 bits per heavy atom. The number of carbonyl (C=O) groups excluding carboxylic acids is 2. The number of hydrogen-bond donors (Lipinski definition) is 1. The number of anilines is 1. The smallest absolute Gasteiger partial charge is 0.274 e. The second-order valence-corrected chi connectivity index (χ2v) is 6.95. The van der Waals surface area contributed by atoms with Gasteiger partial charge in [0.05, 0.1) is 28.2 Å². The van der Waals surface area contributed by atoms with E-state index in [-0.39, 0.29) is 23.8 Å². The standard InChI is InChI=1S/C20H19ClN4O3/c1-24(2)19(27)12-8-9-15(21)17(10-12)22-18(26)11-16-13-6-4-5-7-14(13)20(28)25(3)23-16/h4-10H,11H2,1-3H3,(H,22,26). The average Bonchev–Trinajstić information content (AvgIpc) is 2.67. The second-order valence-electron chi connectivity index (χ2n) is 6.54. The zero-order valence-corrected chi connectivity index (χ0v) is 16.4. The van der Waals surface area contributed by atoms with Gasteiger partial charge in [0.2, 0.25) is 5.91 Å². The third-order valence-electron chi connectivity index (χ3n) is 4.25. The van der Waals surface area contributed by atoms with Crippen molar-refractivity contribution in [3.8, 4) is 0 Å². The van der Waals surface area contributed by atoms with E-state index in [1.807, 2.05) is 0 Å². The van der Waals surface area contributed by atoms with Gasteiger partial charge in [-0.25, -0.2) is 4.68 Å². The molecule has 1 heterocycles. The lowest BCUT2D eigenvalue weighted by atomic mass is 10.1. The maximum atomic E-state index is 12.6. The third kappa shape index (κ3) is 3.89. The first kappa shape index (κ1) is 19.6. The molecule has 0 unspecified atom stereocenters. The highest BCUT2D eigenvalue weighted by molar-refractivity contribution is 6.34. The molecule has 2 aromatic carbocycles. The number of benzene rings is 2. The Kier molecular flexibility index (Phi) is 5.46. The van der Waals surface area contributed by atoms with Crippen molar-refractivity contribution in [3.63, 3.8) is 0 Å². The summed E-state index contributed by atoms with van der Waals surface area (Å²) in [5.41, 5.74) is 1.01. The minimum atomic E-state index is -0.354. The quantitative estimate of drug-likeness (QED) is 0.731.